The van der Waals surface area contributed by atoms with Gasteiger partial charge in [-0.3, -0.25) is 0 Å². The van der Waals surface area contributed by atoms with Crippen molar-refractivity contribution in [3.05, 3.63) is 35.4 Å². The first-order chi connectivity index (χ1) is 9.98. The van der Waals surface area contributed by atoms with E-state index in [1.54, 1.807) is 6.92 Å². The molecule has 0 spiro atoms. The maximum absolute atomic E-state index is 11.5. The maximum Gasteiger partial charge on any atom is 0.150 e. The topological polar surface area (TPSA) is 46.2 Å². The van der Waals surface area contributed by atoms with Gasteiger partial charge in [0.2, 0.25) is 0 Å². The molecule has 1 N–H and O–H groups in total. The van der Waals surface area contributed by atoms with Gasteiger partial charge < -0.3 is 5.32 Å². The van der Waals surface area contributed by atoms with Gasteiger partial charge in [0.05, 0.1) is 5.75 Å². The fourth-order valence-corrected chi connectivity index (χ4v) is 3.45. The van der Waals surface area contributed by atoms with Crippen LogP contribution < -0.4 is 5.32 Å². The van der Waals surface area contributed by atoms with E-state index >= 15 is 0 Å². The molecule has 0 saturated carbocycles. The van der Waals surface area contributed by atoms with Gasteiger partial charge >= 0.3 is 0 Å². The van der Waals surface area contributed by atoms with Gasteiger partial charge in [-0.05, 0) is 50.3 Å². The second-order valence-corrected chi connectivity index (χ2v) is 8.07. The molecule has 0 saturated heterocycles. The van der Waals surface area contributed by atoms with Gasteiger partial charge in [0.25, 0.3) is 0 Å². The fourth-order valence-electron chi connectivity index (χ4n) is 2.55. The van der Waals surface area contributed by atoms with E-state index in [1.165, 1.54) is 11.1 Å². The molecule has 4 heteroatoms. The van der Waals surface area contributed by atoms with Crippen molar-refractivity contribution < 1.29 is 8.42 Å². The van der Waals surface area contributed by atoms with Gasteiger partial charge in [-0.15, -0.1) is 0 Å². The zero-order chi connectivity index (χ0) is 15.7. The second kappa shape index (κ2) is 9.21. The van der Waals surface area contributed by atoms with Gasteiger partial charge in [-0.1, -0.05) is 38.1 Å². The molecule has 0 aliphatic heterocycles. The first kappa shape index (κ1) is 18.2. The van der Waals surface area contributed by atoms with Crippen molar-refractivity contribution in [3.8, 4) is 0 Å². The molecule has 1 atom stereocenters. The molecule has 0 fully saturated rings. The molecule has 0 aromatic heterocycles. The molecule has 1 unspecified atom stereocenters. The van der Waals surface area contributed by atoms with E-state index in [9.17, 15) is 8.42 Å². The third-order valence-corrected chi connectivity index (χ3v) is 5.75. The first-order valence-corrected chi connectivity index (χ1v) is 9.79. The van der Waals surface area contributed by atoms with Crippen LogP contribution in [0, 0.1) is 6.92 Å². The van der Waals surface area contributed by atoms with Gasteiger partial charge in [-0.2, -0.15) is 0 Å². The van der Waals surface area contributed by atoms with Crippen LogP contribution in [0.3, 0.4) is 0 Å². The summed E-state index contributed by atoms with van der Waals surface area (Å²) in [5.41, 5.74) is 2.72. The number of hydrogen-bond acceptors (Lipinski definition) is 3. The van der Waals surface area contributed by atoms with Crippen molar-refractivity contribution in [1.82, 2.24) is 5.32 Å². The monoisotopic (exact) mass is 311 g/mol. The Labute approximate surface area is 130 Å². The summed E-state index contributed by atoms with van der Waals surface area (Å²) < 4.78 is 23.1. The molecule has 120 valence electrons. The predicted octanol–water partition coefficient (Wildman–Crippen LogP) is 3.12. The lowest BCUT2D eigenvalue weighted by molar-refractivity contribution is 0.458. The molecule has 21 heavy (non-hydrogen) atoms. The highest BCUT2D eigenvalue weighted by atomic mass is 32.2. The smallest absolute Gasteiger partial charge is 0.150 e. The van der Waals surface area contributed by atoms with Crippen LogP contribution in [-0.4, -0.2) is 32.5 Å². The molecular weight excluding hydrogens is 282 g/mol. The molecule has 0 heterocycles. The Kier molecular flexibility index (Phi) is 7.97. The Morgan fingerprint density at radius 3 is 2.48 bits per heavy atom. The minimum absolute atomic E-state index is 0.252. The molecule has 0 aliphatic carbocycles. The van der Waals surface area contributed by atoms with Gasteiger partial charge in [0.15, 0.2) is 0 Å². The van der Waals surface area contributed by atoms with Gasteiger partial charge in [0, 0.05) is 11.8 Å². The number of nitrogens with one attached hydrogen (secondary N) is 1. The Bertz CT molecular complexity index is 511. The van der Waals surface area contributed by atoms with E-state index < -0.39 is 9.84 Å². The van der Waals surface area contributed by atoms with E-state index in [0.29, 0.717) is 11.8 Å². The average molecular weight is 311 g/mol. The molecule has 0 radical (unpaired) electrons. The lowest BCUT2D eigenvalue weighted by Crippen LogP contribution is -2.30. The van der Waals surface area contributed by atoms with Crippen LogP contribution >= 0.6 is 0 Å². The number of rotatable bonds is 10. The summed E-state index contributed by atoms with van der Waals surface area (Å²) in [6.07, 6.45) is 3.79. The molecule has 0 aliphatic rings. The minimum Gasteiger partial charge on any atom is -0.314 e. The highest BCUT2D eigenvalue weighted by Gasteiger charge is 2.12. The van der Waals surface area contributed by atoms with E-state index in [0.717, 1.165) is 32.2 Å². The summed E-state index contributed by atoms with van der Waals surface area (Å²) in [6.45, 7) is 6.89. The van der Waals surface area contributed by atoms with Crippen LogP contribution in [0.25, 0.3) is 0 Å². The maximum atomic E-state index is 11.5. The Morgan fingerprint density at radius 2 is 1.86 bits per heavy atom. The standard InChI is InChI=1S/C17H29NO2S/c1-4-18-17(11-8-14-21(19,20)5-2)13-12-16-10-7-6-9-15(16)3/h6-7,9-10,17-18H,4-5,8,11-14H2,1-3H3. The zero-order valence-corrected chi connectivity index (χ0v) is 14.4. The molecule has 3 nitrogen and oxygen atoms in total. The summed E-state index contributed by atoms with van der Waals surface area (Å²) in [5.74, 6) is 0.567. The van der Waals surface area contributed by atoms with Crippen LogP contribution in [0.4, 0.5) is 0 Å². The Hall–Kier alpha value is -0.870. The van der Waals surface area contributed by atoms with Crippen molar-refractivity contribution in [2.24, 2.45) is 0 Å². The van der Waals surface area contributed by atoms with Crippen molar-refractivity contribution >= 4 is 9.84 Å². The summed E-state index contributed by atoms with van der Waals surface area (Å²) in [6, 6.07) is 8.88. The number of sulfone groups is 1. The van der Waals surface area contributed by atoms with Gasteiger partial charge in [0.1, 0.15) is 9.84 Å². The lowest BCUT2D eigenvalue weighted by atomic mass is 9.99. The Balaban J connectivity index is 2.45. The largest absolute Gasteiger partial charge is 0.314 e. The molecular formula is C17H29NO2S. The quantitative estimate of drug-likeness (QED) is 0.722. The summed E-state index contributed by atoms with van der Waals surface area (Å²) in [4.78, 5) is 0. The molecule has 1 aromatic carbocycles. The Morgan fingerprint density at radius 1 is 1.14 bits per heavy atom. The SMILES string of the molecule is CCNC(CCCS(=O)(=O)CC)CCc1ccccc1C. The molecule has 0 bridgehead atoms. The second-order valence-electron chi connectivity index (χ2n) is 5.60. The summed E-state index contributed by atoms with van der Waals surface area (Å²) in [7, 11) is -2.83. The summed E-state index contributed by atoms with van der Waals surface area (Å²) >= 11 is 0. The van der Waals surface area contributed by atoms with E-state index in [2.05, 4.69) is 43.4 Å². The van der Waals surface area contributed by atoms with Crippen LogP contribution in [0.1, 0.15) is 44.2 Å². The summed E-state index contributed by atoms with van der Waals surface area (Å²) in [5, 5.41) is 3.48. The van der Waals surface area contributed by atoms with Crippen molar-refractivity contribution in [1.29, 1.82) is 0 Å². The first-order valence-electron chi connectivity index (χ1n) is 7.96. The number of benzene rings is 1. The highest BCUT2D eigenvalue weighted by Crippen LogP contribution is 2.13. The number of hydrogen-bond donors (Lipinski definition) is 1. The number of aryl methyl sites for hydroxylation is 2. The van der Waals surface area contributed by atoms with Gasteiger partial charge in [-0.25, -0.2) is 8.42 Å². The van der Waals surface area contributed by atoms with Crippen molar-refractivity contribution in [2.45, 2.75) is 52.5 Å². The van der Waals surface area contributed by atoms with E-state index in [-0.39, 0.29) is 5.75 Å². The van der Waals surface area contributed by atoms with E-state index in [4.69, 9.17) is 0 Å². The van der Waals surface area contributed by atoms with Crippen molar-refractivity contribution in [2.75, 3.05) is 18.1 Å². The normalized spacial score (nSPS) is 13.3. The van der Waals surface area contributed by atoms with E-state index in [1.807, 2.05) is 0 Å². The third-order valence-electron chi connectivity index (χ3n) is 3.96. The molecule has 1 aromatic rings. The lowest BCUT2D eigenvalue weighted by Gasteiger charge is -2.18. The van der Waals surface area contributed by atoms with Crippen LogP contribution in [0.15, 0.2) is 24.3 Å². The molecule has 1 rings (SSSR count). The van der Waals surface area contributed by atoms with Crippen LogP contribution in [-0.2, 0) is 16.3 Å². The van der Waals surface area contributed by atoms with Crippen LogP contribution in [0.5, 0.6) is 0 Å². The molecule has 0 amide bonds. The predicted molar refractivity (Wildman–Crippen MR) is 90.5 cm³/mol. The minimum atomic E-state index is -2.83. The van der Waals surface area contributed by atoms with Crippen LogP contribution in [0.2, 0.25) is 0 Å². The third kappa shape index (κ3) is 7.09. The van der Waals surface area contributed by atoms with Crippen molar-refractivity contribution in [3.63, 3.8) is 0 Å². The average Bonchev–Trinajstić information content (AvgIpc) is 2.46. The highest BCUT2D eigenvalue weighted by molar-refractivity contribution is 7.91. The zero-order valence-electron chi connectivity index (χ0n) is 13.6. The fraction of sp³-hybridized carbons (Fsp3) is 0.647.